The average Bonchev–Trinajstić information content (AvgIpc) is 2.82. The maximum Gasteiger partial charge on any atom is 0.261 e. The van der Waals surface area contributed by atoms with Crippen LogP contribution in [-0.2, 0) is 15.7 Å². The first-order valence-corrected chi connectivity index (χ1v) is 13.5. The van der Waals surface area contributed by atoms with Crippen molar-refractivity contribution in [3.8, 4) is 0 Å². The second kappa shape index (κ2) is 10.1. The highest BCUT2D eigenvalue weighted by molar-refractivity contribution is 6.99. The van der Waals surface area contributed by atoms with Gasteiger partial charge in [-0.05, 0) is 21.0 Å². The van der Waals surface area contributed by atoms with Gasteiger partial charge in [-0.3, -0.25) is 4.90 Å². The fourth-order valence-electron chi connectivity index (χ4n) is 4.85. The Kier molecular flexibility index (Phi) is 7.26. The van der Waals surface area contributed by atoms with Crippen molar-refractivity contribution in [2.75, 3.05) is 26.4 Å². The third-order valence-electron chi connectivity index (χ3n) is 6.49. The maximum atomic E-state index is 7.19. The highest BCUT2D eigenvalue weighted by Gasteiger charge is 2.50. The zero-order valence-electron chi connectivity index (χ0n) is 19.5. The number of ether oxygens (including phenoxy) is 1. The Hall–Kier alpha value is -2.24. The van der Waals surface area contributed by atoms with Gasteiger partial charge in [-0.25, -0.2) is 0 Å². The summed E-state index contributed by atoms with van der Waals surface area (Å²) in [4.78, 5) is 2.52. The number of nitrogens with zero attached hydrogens (tertiary/aromatic N) is 1. The molecule has 4 heteroatoms. The molecule has 0 aromatic heterocycles. The van der Waals surface area contributed by atoms with Gasteiger partial charge in [0, 0.05) is 13.1 Å². The van der Waals surface area contributed by atoms with E-state index in [1.807, 2.05) is 0 Å². The van der Waals surface area contributed by atoms with E-state index >= 15 is 0 Å². The van der Waals surface area contributed by atoms with Gasteiger partial charge in [-0.1, -0.05) is 112 Å². The molecule has 0 aliphatic carbocycles. The summed E-state index contributed by atoms with van der Waals surface area (Å²) in [7, 11) is -2.54. The van der Waals surface area contributed by atoms with E-state index in [9.17, 15) is 0 Å². The van der Waals surface area contributed by atoms with Gasteiger partial charge in [-0.2, -0.15) is 0 Å². The first-order valence-electron chi connectivity index (χ1n) is 11.6. The molecule has 0 saturated carbocycles. The Balaban J connectivity index is 1.65. The lowest BCUT2D eigenvalue weighted by molar-refractivity contribution is -0.0287. The van der Waals surface area contributed by atoms with Crippen LogP contribution in [-0.4, -0.2) is 45.6 Å². The summed E-state index contributed by atoms with van der Waals surface area (Å²) in [6.07, 6.45) is 0. The topological polar surface area (TPSA) is 21.7 Å². The van der Waals surface area contributed by atoms with Crippen LogP contribution in [0.25, 0.3) is 0 Å². The predicted octanol–water partition coefficient (Wildman–Crippen LogP) is 4.46. The minimum absolute atomic E-state index is 0.0184. The van der Waals surface area contributed by atoms with Crippen molar-refractivity contribution >= 4 is 18.7 Å². The van der Waals surface area contributed by atoms with Crippen molar-refractivity contribution in [1.29, 1.82) is 0 Å². The Morgan fingerprint density at radius 3 is 1.91 bits per heavy atom. The number of morpholine rings is 1. The monoisotopic (exact) mass is 445 g/mol. The molecule has 0 amide bonds. The van der Waals surface area contributed by atoms with Crippen molar-refractivity contribution in [3.05, 3.63) is 96.6 Å². The maximum absolute atomic E-state index is 7.19. The Bertz CT molecular complexity index is 917. The van der Waals surface area contributed by atoms with E-state index in [-0.39, 0.29) is 11.1 Å². The molecule has 0 bridgehead atoms. The highest BCUT2D eigenvalue weighted by atomic mass is 28.4. The van der Waals surface area contributed by atoms with Crippen LogP contribution in [0.4, 0.5) is 0 Å². The lowest BCUT2D eigenvalue weighted by Crippen LogP contribution is -2.67. The normalized spacial score (nSPS) is 17.9. The van der Waals surface area contributed by atoms with Crippen molar-refractivity contribution < 1.29 is 9.16 Å². The van der Waals surface area contributed by atoms with Crippen LogP contribution >= 0.6 is 0 Å². The molecule has 1 aliphatic rings. The third kappa shape index (κ3) is 4.89. The van der Waals surface area contributed by atoms with E-state index in [1.165, 1.54) is 15.9 Å². The average molecular weight is 446 g/mol. The summed E-state index contributed by atoms with van der Waals surface area (Å²) in [5, 5.41) is 2.63. The first kappa shape index (κ1) is 22.9. The van der Waals surface area contributed by atoms with Crippen LogP contribution in [0.15, 0.2) is 91.0 Å². The van der Waals surface area contributed by atoms with Crippen molar-refractivity contribution in [2.24, 2.45) is 0 Å². The molecule has 1 fully saturated rings. The van der Waals surface area contributed by atoms with Crippen LogP contribution in [0, 0.1) is 0 Å². The molecule has 0 N–H and O–H groups in total. The molecule has 0 radical (unpaired) electrons. The van der Waals surface area contributed by atoms with Crippen molar-refractivity contribution in [3.63, 3.8) is 0 Å². The molecule has 3 nitrogen and oxygen atoms in total. The second-order valence-electron chi connectivity index (χ2n) is 9.66. The predicted molar refractivity (Wildman–Crippen MR) is 135 cm³/mol. The number of hydrogen-bond donors (Lipinski definition) is 0. The first-order chi connectivity index (χ1) is 15.5. The second-order valence-corrected chi connectivity index (χ2v) is 14.0. The molecule has 32 heavy (non-hydrogen) atoms. The molecule has 1 heterocycles. The molecule has 0 unspecified atom stereocenters. The van der Waals surface area contributed by atoms with Crippen molar-refractivity contribution in [2.45, 2.75) is 38.4 Å². The molecule has 4 rings (SSSR count). The molecule has 168 valence electrons. The van der Waals surface area contributed by atoms with Gasteiger partial charge < -0.3 is 9.16 Å². The summed E-state index contributed by atoms with van der Waals surface area (Å²) in [6.45, 7) is 11.0. The molecular formula is C28H35NO2Si. The van der Waals surface area contributed by atoms with Crippen LogP contribution in [0.1, 0.15) is 26.3 Å². The van der Waals surface area contributed by atoms with Gasteiger partial charge >= 0.3 is 0 Å². The molecule has 1 aliphatic heterocycles. The van der Waals surface area contributed by atoms with Gasteiger partial charge in [-0.15, -0.1) is 0 Å². The summed E-state index contributed by atoms with van der Waals surface area (Å²) < 4.78 is 13.1. The smallest absolute Gasteiger partial charge is 0.261 e. The van der Waals surface area contributed by atoms with Crippen LogP contribution in [0.5, 0.6) is 0 Å². The Morgan fingerprint density at radius 1 is 0.844 bits per heavy atom. The van der Waals surface area contributed by atoms with Gasteiger partial charge in [0.2, 0.25) is 0 Å². The molecule has 3 aromatic carbocycles. The highest BCUT2D eigenvalue weighted by Crippen LogP contribution is 2.37. The minimum atomic E-state index is -2.54. The Morgan fingerprint density at radius 2 is 1.38 bits per heavy atom. The lowest BCUT2D eigenvalue weighted by atomic mass is 10.1. The standard InChI is InChI=1S/C28H35NO2Si/c1-28(2,3)32(26-15-9-5-10-16-26,27-17-11-6-12-18-27)31-23-25-22-30-20-19-29(25)21-24-13-7-4-8-14-24/h4-18,25H,19-23H2,1-3H3/t25-/m1/s1. The fraction of sp³-hybridized carbons (Fsp3) is 0.357. The zero-order valence-corrected chi connectivity index (χ0v) is 20.5. The van der Waals surface area contributed by atoms with Gasteiger partial charge in [0.1, 0.15) is 0 Å². The third-order valence-corrected chi connectivity index (χ3v) is 11.5. The quantitative estimate of drug-likeness (QED) is 0.501. The van der Waals surface area contributed by atoms with Gasteiger partial charge in [0.25, 0.3) is 8.32 Å². The van der Waals surface area contributed by atoms with E-state index < -0.39 is 8.32 Å². The van der Waals surface area contributed by atoms with Gasteiger partial charge in [0.05, 0.1) is 25.9 Å². The molecular weight excluding hydrogens is 410 g/mol. The molecule has 3 aromatic rings. The summed E-state index contributed by atoms with van der Waals surface area (Å²) in [5.41, 5.74) is 1.34. The van der Waals surface area contributed by atoms with E-state index in [2.05, 4.69) is 117 Å². The number of rotatable bonds is 7. The van der Waals surface area contributed by atoms with E-state index in [0.29, 0.717) is 13.2 Å². The minimum Gasteiger partial charge on any atom is -0.406 e. The summed E-state index contributed by atoms with van der Waals surface area (Å²) in [6, 6.07) is 32.7. The van der Waals surface area contributed by atoms with E-state index in [0.717, 1.165) is 19.7 Å². The Labute approximate surface area is 194 Å². The van der Waals surface area contributed by atoms with Crippen LogP contribution < -0.4 is 10.4 Å². The SMILES string of the molecule is CC(C)(C)[Si](OC[C@H]1COCCN1Cc1ccccc1)(c1ccccc1)c1ccccc1. The zero-order chi connectivity index (χ0) is 22.4. The van der Waals surface area contributed by atoms with Crippen LogP contribution in [0.3, 0.4) is 0 Å². The van der Waals surface area contributed by atoms with Crippen LogP contribution in [0.2, 0.25) is 5.04 Å². The van der Waals surface area contributed by atoms with E-state index in [1.54, 1.807) is 0 Å². The van der Waals surface area contributed by atoms with Crippen molar-refractivity contribution in [1.82, 2.24) is 4.90 Å². The molecule has 1 atom stereocenters. The largest absolute Gasteiger partial charge is 0.406 e. The van der Waals surface area contributed by atoms with Gasteiger partial charge in [0.15, 0.2) is 0 Å². The lowest BCUT2D eigenvalue weighted by Gasteiger charge is -2.45. The fourth-order valence-corrected chi connectivity index (χ4v) is 9.45. The molecule has 0 spiro atoms. The number of hydrogen-bond acceptors (Lipinski definition) is 3. The molecule has 1 saturated heterocycles. The summed E-state index contributed by atoms with van der Waals surface area (Å²) >= 11 is 0. The summed E-state index contributed by atoms with van der Waals surface area (Å²) in [5.74, 6) is 0. The number of benzene rings is 3. The van der Waals surface area contributed by atoms with E-state index in [4.69, 9.17) is 9.16 Å².